The van der Waals surface area contributed by atoms with Crippen molar-refractivity contribution in [2.45, 2.75) is 20.0 Å². The first-order valence-corrected chi connectivity index (χ1v) is 9.73. The van der Waals surface area contributed by atoms with Crippen molar-refractivity contribution >= 4 is 33.7 Å². The summed E-state index contributed by atoms with van der Waals surface area (Å²) in [6.07, 6.45) is 0.615. The molecule has 30 heavy (non-hydrogen) atoms. The lowest BCUT2D eigenvalue weighted by atomic mass is 9.81. The molecule has 2 aromatic carbocycles. The topological polar surface area (TPSA) is 114 Å². The number of hydrogen-bond acceptors (Lipinski definition) is 6. The molecule has 1 aliphatic rings. The number of carboxylic acids is 1. The fourth-order valence-electron chi connectivity index (χ4n) is 2.95. The van der Waals surface area contributed by atoms with Crippen LogP contribution in [0.3, 0.4) is 0 Å². The van der Waals surface area contributed by atoms with Crippen LogP contribution in [-0.2, 0) is 9.53 Å². The Morgan fingerprint density at radius 2 is 1.93 bits per heavy atom. The first kappa shape index (κ1) is 21.5. The van der Waals surface area contributed by atoms with E-state index in [0.717, 1.165) is 6.08 Å². The van der Waals surface area contributed by atoms with Gasteiger partial charge in [-0.1, -0.05) is 35.9 Å². The molecule has 0 unspecified atom stereocenters. The molecule has 0 bridgehead atoms. The van der Waals surface area contributed by atoms with Crippen LogP contribution in [0, 0.1) is 5.41 Å². The number of aromatic hydroxyl groups is 1. The van der Waals surface area contributed by atoms with E-state index in [2.05, 4.69) is 21.2 Å². The highest BCUT2D eigenvalue weighted by Gasteiger charge is 2.34. The van der Waals surface area contributed by atoms with Gasteiger partial charge in [0, 0.05) is 33.3 Å². The van der Waals surface area contributed by atoms with E-state index in [1.807, 2.05) is 0 Å². The molecule has 8 nitrogen and oxygen atoms in total. The van der Waals surface area contributed by atoms with Gasteiger partial charge in [-0.25, -0.2) is 9.59 Å². The molecule has 0 aromatic heterocycles. The Morgan fingerprint density at radius 1 is 1.20 bits per heavy atom. The van der Waals surface area contributed by atoms with Gasteiger partial charge in [-0.05, 0) is 30.3 Å². The normalized spacial score (nSPS) is 13.8. The van der Waals surface area contributed by atoms with E-state index in [9.17, 15) is 14.7 Å². The summed E-state index contributed by atoms with van der Waals surface area (Å²) in [5.74, 6) is -0.148. The van der Waals surface area contributed by atoms with Gasteiger partial charge in [0.2, 0.25) is 6.79 Å². The Hall–Kier alpha value is -3.20. The zero-order chi connectivity index (χ0) is 21.9. The lowest BCUT2D eigenvalue weighted by Gasteiger charge is -2.32. The predicted molar refractivity (Wildman–Crippen MR) is 112 cm³/mol. The molecule has 0 radical (unpaired) electrons. The predicted octanol–water partition coefficient (Wildman–Crippen LogP) is 4.84. The highest BCUT2D eigenvalue weighted by molar-refractivity contribution is 9.10. The third kappa shape index (κ3) is 5.04. The zero-order valence-corrected chi connectivity index (χ0v) is 17.8. The summed E-state index contributed by atoms with van der Waals surface area (Å²) in [7, 11) is 0. The van der Waals surface area contributed by atoms with Crippen molar-refractivity contribution in [3.63, 3.8) is 0 Å². The number of carbonyl (C=O) groups is 2. The van der Waals surface area contributed by atoms with Crippen LogP contribution in [0.25, 0.3) is 0 Å². The number of carboxylic acid groups (broad SMARTS) is 1. The smallest absolute Gasteiger partial charge is 0.412 e. The van der Waals surface area contributed by atoms with Crippen LogP contribution in [-0.4, -0.2) is 29.1 Å². The number of hydrogen-bond donors (Lipinski definition) is 3. The zero-order valence-electron chi connectivity index (χ0n) is 16.2. The quantitative estimate of drug-likeness (QED) is 0.509. The van der Waals surface area contributed by atoms with Gasteiger partial charge in [0.15, 0.2) is 11.5 Å². The molecule has 0 aliphatic carbocycles. The number of phenolic OH excluding ortho intramolecular Hbond substituents is 1. The second-order valence-corrected chi connectivity index (χ2v) is 8.09. The van der Waals surface area contributed by atoms with E-state index in [0.29, 0.717) is 27.2 Å². The Morgan fingerprint density at radius 3 is 2.67 bits per heavy atom. The summed E-state index contributed by atoms with van der Waals surface area (Å²) in [6, 6.07) is 9.62. The Bertz CT molecular complexity index is 1000. The number of anilines is 1. The second-order valence-electron chi connectivity index (χ2n) is 7.17. The van der Waals surface area contributed by atoms with E-state index >= 15 is 0 Å². The standard InChI is InChI=1S/C21H20BrNO7/c1-21(2,8-7-18(25)26)19(14-9-12(22)3-5-15(14)24)30-20(27)23-13-4-6-16-17(10-13)29-11-28-16/h3-10,19,24H,11H2,1-2H3,(H,23,27)(H,25,26)/b8-7+/t19-/m1/s1. The number of carbonyl (C=O) groups excluding carboxylic acids is 1. The molecule has 9 heteroatoms. The van der Waals surface area contributed by atoms with E-state index < -0.39 is 23.6 Å². The monoisotopic (exact) mass is 477 g/mol. The summed E-state index contributed by atoms with van der Waals surface area (Å²) in [4.78, 5) is 23.6. The Balaban J connectivity index is 1.87. The minimum absolute atomic E-state index is 0.0871. The highest BCUT2D eigenvalue weighted by Crippen LogP contribution is 2.43. The number of amides is 1. The van der Waals surface area contributed by atoms with Crippen LogP contribution < -0.4 is 14.8 Å². The third-order valence-corrected chi connectivity index (χ3v) is 4.94. The van der Waals surface area contributed by atoms with Gasteiger partial charge < -0.3 is 24.4 Å². The van der Waals surface area contributed by atoms with Crippen LogP contribution in [0.4, 0.5) is 10.5 Å². The Kier molecular flexibility index (Phi) is 6.21. The molecule has 0 saturated heterocycles. The molecule has 158 valence electrons. The fraction of sp³-hybridized carbons (Fsp3) is 0.238. The number of fused-ring (bicyclic) bond motifs is 1. The van der Waals surface area contributed by atoms with Gasteiger partial charge in [-0.15, -0.1) is 0 Å². The number of ether oxygens (including phenoxy) is 3. The highest BCUT2D eigenvalue weighted by atomic mass is 79.9. The van der Waals surface area contributed by atoms with Crippen molar-refractivity contribution in [2.24, 2.45) is 5.41 Å². The SMILES string of the molecule is CC(C)(/C=C/C(=O)O)[C@H](OC(=O)Nc1ccc2c(c1)OCO2)c1cc(Br)ccc1O. The second kappa shape index (κ2) is 8.66. The van der Waals surface area contributed by atoms with Gasteiger partial charge in [0.05, 0.1) is 0 Å². The lowest BCUT2D eigenvalue weighted by Crippen LogP contribution is -2.28. The first-order valence-electron chi connectivity index (χ1n) is 8.93. The molecular formula is C21H20BrNO7. The van der Waals surface area contributed by atoms with E-state index in [4.69, 9.17) is 19.3 Å². The Labute approximate surface area is 181 Å². The summed E-state index contributed by atoms with van der Waals surface area (Å²) >= 11 is 3.34. The van der Waals surface area contributed by atoms with Crippen molar-refractivity contribution in [3.8, 4) is 17.2 Å². The average molecular weight is 478 g/mol. The summed E-state index contributed by atoms with van der Waals surface area (Å²) in [6.45, 7) is 3.51. The summed E-state index contributed by atoms with van der Waals surface area (Å²) < 4.78 is 16.8. The molecule has 3 rings (SSSR count). The number of phenols is 1. The molecule has 1 heterocycles. The molecule has 1 aliphatic heterocycles. The van der Waals surface area contributed by atoms with Gasteiger partial charge in [0.1, 0.15) is 11.9 Å². The van der Waals surface area contributed by atoms with E-state index in [1.54, 1.807) is 44.2 Å². The molecule has 0 spiro atoms. The average Bonchev–Trinajstić information content (AvgIpc) is 3.14. The van der Waals surface area contributed by atoms with Crippen LogP contribution in [0.1, 0.15) is 25.5 Å². The number of halogens is 1. The molecule has 1 amide bonds. The molecule has 3 N–H and O–H groups in total. The van der Waals surface area contributed by atoms with Crippen LogP contribution >= 0.6 is 15.9 Å². The van der Waals surface area contributed by atoms with Crippen molar-refractivity contribution in [1.82, 2.24) is 0 Å². The van der Waals surface area contributed by atoms with Crippen molar-refractivity contribution in [1.29, 1.82) is 0 Å². The summed E-state index contributed by atoms with van der Waals surface area (Å²) in [5, 5.41) is 22.0. The van der Waals surface area contributed by atoms with Crippen LogP contribution in [0.15, 0.2) is 53.0 Å². The van der Waals surface area contributed by atoms with Crippen molar-refractivity contribution in [3.05, 3.63) is 58.6 Å². The van der Waals surface area contributed by atoms with E-state index in [1.165, 1.54) is 12.1 Å². The minimum Gasteiger partial charge on any atom is -0.508 e. The van der Waals surface area contributed by atoms with Gasteiger partial charge >= 0.3 is 12.1 Å². The minimum atomic E-state index is -1.13. The number of benzene rings is 2. The first-order chi connectivity index (χ1) is 14.2. The van der Waals surface area contributed by atoms with Crippen molar-refractivity contribution in [2.75, 3.05) is 12.1 Å². The van der Waals surface area contributed by atoms with Crippen LogP contribution in [0.2, 0.25) is 0 Å². The van der Waals surface area contributed by atoms with E-state index in [-0.39, 0.29) is 12.5 Å². The number of rotatable bonds is 6. The summed E-state index contributed by atoms with van der Waals surface area (Å²) in [5.41, 5.74) is -0.200. The number of nitrogens with one attached hydrogen (secondary N) is 1. The maximum absolute atomic E-state index is 12.6. The van der Waals surface area contributed by atoms with Crippen molar-refractivity contribution < 1.29 is 34.0 Å². The molecule has 1 atom stereocenters. The molecule has 0 fully saturated rings. The maximum Gasteiger partial charge on any atom is 0.412 e. The number of aliphatic carboxylic acids is 1. The maximum atomic E-state index is 12.6. The van der Waals surface area contributed by atoms with Gasteiger partial charge in [0.25, 0.3) is 0 Å². The largest absolute Gasteiger partial charge is 0.508 e. The van der Waals surface area contributed by atoms with Gasteiger partial charge in [-0.3, -0.25) is 5.32 Å². The fourth-order valence-corrected chi connectivity index (χ4v) is 3.33. The molecular weight excluding hydrogens is 458 g/mol. The molecule has 0 saturated carbocycles. The third-order valence-electron chi connectivity index (χ3n) is 4.45. The molecule has 2 aromatic rings. The van der Waals surface area contributed by atoms with Gasteiger partial charge in [-0.2, -0.15) is 0 Å². The lowest BCUT2D eigenvalue weighted by molar-refractivity contribution is -0.131. The van der Waals surface area contributed by atoms with Crippen LogP contribution in [0.5, 0.6) is 17.2 Å².